The van der Waals surface area contributed by atoms with Crippen LogP contribution in [-0.2, 0) is 28.5 Å². The van der Waals surface area contributed by atoms with E-state index in [1.54, 1.807) is 0 Å². The molecule has 7 nitrogen and oxygen atoms in total. The fourth-order valence-electron chi connectivity index (χ4n) is 1.05. The number of hydrogen-bond donors (Lipinski definition) is 0. The summed E-state index contributed by atoms with van der Waals surface area (Å²) in [4.78, 5) is 31.3. The molecule has 0 bridgehead atoms. The molecule has 0 saturated carbocycles. The van der Waals surface area contributed by atoms with E-state index in [-0.39, 0.29) is 0 Å². The minimum absolute atomic E-state index is 0.480. The Bertz CT molecular complexity index is 284. The maximum Gasteiger partial charge on any atom is 0.508 e. The van der Waals surface area contributed by atoms with E-state index in [9.17, 15) is 14.4 Å². The summed E-state index contributed by atoms with van der Waals surface area (Å²) in [5.74, 6) is -0.959. The van der Waals surface area contributed by atoms with Crippen molar-refractivity contribution in [2.75, 3.05) is 13.2 Å². The minimum atomic E-state index is -0.747. The van der Waals surface area contributed by atoms with E-state index < -0.39 is 30.3 Å². The third-order valence-corrected chi connectivity index (χ3v) is 1.98. The van der Waals surface area contributed by atoms with Gasteiger partial charge < -0.3 is 18.9 Å². The zero-order valence-electron chi connectivity index (χ0n) is 9.63. The van der Waals surface area contributed by atoms with Gasteiger partial charge in [-0.15, -0.1) is 0 Å². The molecule has 0 aromatic heterocycles. The molecule has 0 radical (unpaired) electrons. The highest BCUT2D eigenvalue weighted by molar-refractivity contribution is 5.86. The molecule has 0 amide bonds. The maximum absolute atomic E-state index is 10.7. The van der Waals surface area contributed by atoms with Crippen molar-refractivity contribution in [3.8, 4) is 0 Å². The fraction of sp³-hybridized carbons (Fsp3) is 0.700. The van der Waals surface area contributed by atoms with Crippen molar-refractivity contribution < 1.29 is 33.3 Å². The molecule has 0 N–H and O–H groups in total. The van der Waals surface area contributed by atoms with Gasteiger partial charge in [0.2, 0.25) is 0 Å². The highest BCUT2D eigenvalue weighted by Crippen LogP contribution is 2.08. The molecule has 96 valence electrons. The van der Waals surface area contributed by atoms with Gasteiger partial charge in [0.1, 0.15) is 0 Å². The van der Waals surface area contributed by atoms with Gasteiger partial charge in [0, 0.05) is 6.42 Å². The van der Waals surface area contributed by atoms with Gasteiger partial charge in [-0.2, -0.15) is 0 Å². The Morgan fingerprint density at radius 2 is 1.29 bits per heavy atom. The van der Waals surface area contributed by atoms with Gasteiger partial charge >= 0.3 is 18.1 Å². The summed E-state index contributed by atoms with van der Waals surface area (Å²) < 4.78 is 18.0. The highest BCUT2D eigenvalue weighted by atomic mass is 16.7. The summed E-state index contributed by atoms with van der Waals surface area (Å²) >= 11 is 0. The summed E-state index contributed by atoms with van der Waals surface area (Å²) in [7, 11) is 0. The van der Waals surface area contributed by atoms with Crippen LogP contribution in [0.15, 0.2) is 0 Å². The van der Waals surface area contributed by atoms with E-state index >= 15 is 0 Å². The Morgan fingerprint density at radius 3 is 1.59 bits per heavy atom. The van der Waals surface area contributed by atoms with Crippen LogP contribution in [0.1, 0.15) is 20.3 Å². The molecule has 2 aliphatic rings. The van der Waals surface area contributed by atoms with Gasteiger partial charge in [0.05, 0.1) is 13.2 Å². The van der Waals surface area contributed by atoms with Gasteiger partial charge in [-0.1, -0.05) is 0 Å². The molecule has 0 aromatic carbocycles. The quantitative estimate of drug-likeness (QED) is 0.451. The lowest BCUT2D eigenvalue weighted by Gasteiger charge is -2.22. The third kappa shape index (κ3) is 4.29. The van der Waals surface area contributed by atoms with E-state index in [0.717, 1.165) is 6.42 Å². The van der Waals surface area contributed by atoms with Gasteiger partial charge in [0.15, 0.2) is 12.2 Å². The zero-order valence-corrected chi connectivity index (χ0v) is 9.63. The highest BCUT2D eigenvalue weighted by Gasteiger charge is 2.32. The molecule has 2 heterocycles. The Labute approximate surface area is 98.0 Å². The zero-order chi connectivity index (χ0) is 12.8. The van der Waals surface area contributed by atoms with Crippen molar-refractivity contribution in [1.82, 2.24) is 0 Å². The smallest absolute Gasteiger partial charge is 0.448 e. The maximum atomic E-state index is 10.7. The van der Waals surface area contributed by atoms with Gasteiger partial charge in [0.25, 0.3) is 0 Å². The average molecular weight is 246 g/mol. The largest absolute Gasteiger partial charge is 0.508 e. The van der Waals surface area contributed by atoms with E-state index in [1.807, 2.05) is 0 Å². The van der Waals surface area contributed by atoms with E-state index in [4.69, 9.17) is 0 Å². The van der Waals surface area contributed by atoms with Crippen LogP contribution >= 0.6 is 0 Å². The van der Waals surface area contributed by atoms with Crippen molar-refractivity contribution in [2.45, 2.75) is 32.5 Å². The summed E-state index contributed by atoms with van der Waals surface area (Å²) in [5.41, 5.74) is 0. The Balaban J connectivity index is 0.000000181. The van der Waals surface area contributed by atoms with Crippen LogP contribution in [0.2, 0.25) is 0 Å². The van der Waals surface area contributed by atoms with Crippen LogP contribution in [-0.4, -0.2) is 43.5 Å². The number of carbonyl (C=O) groups is 3. The number of esters is 2. The molecule has 2 rings (SSSR count). The first-order chi connectivity index (χ1) is 8.00. The minimum Gasteiger partial charge on any atom is -0.448 e. The van der Waals surface area contributed by atoms with Crippen LogP contribution in [0.5, 0.6) is 0 Å². The fourth-order valence-corrected chi connectivity index (χ4v) is 1.05. The number of cyclic esters (lactones) is 4. The molecular formula is C10H14O7. The molecule has 2 aliphatic heterocycles. The molecule has 7 heteroatoms. The van der Waals surface area contributed by atoms with E-state index in [1.165, 1.54) is 13.8 Å². The summed E-state index contributed by atoms with van der Waals surface area (Å²) in [6, 6.07) is 0. The van der Waals surface area contributed by atoms with Crippen molar-refractivity contribution in [2.24, 2.45) is 0 Å². The van der Waals surface area contributed by atoms with Gasteiger partial charge in [-0.05, 0) is 13.8 Å². The van der Waals surface area contributed by atoms with Gasteiger partial charge in [-0.3, -0.25) is 0 Å². The predicted molar refractivity (Wildman–Crippen MR) is 53.0 cm³/mol. The first kappa shape index (κ1) is 13.3. The van der Waals surface area contributed by atoms with Crippen molar-refractivity contribution in [1.29, 1.82) is 0 Å². The average Bonchev–Trinajstić information content (AvgIpc) is 2.28. The topological polar surface area (TPSA) is 88.1 Å². The first-order valence-corrected chi connectivity index (χ1v) is 5.21. The van der Waals surface area contributed by atoms with Crippen molar-refractivity contribution >= 4 is 18.1 Å². The first-order valence-electron chi connectivity index (χ1n) is 5.21. The summed E-state index contributed by atoms with van der Waals surface area (Å²) in [6.07, 6.45) is -1.20. The Hall–Kier alpha value is -1.79. The van der Waals surface area contributed by atoms with Crippen LogP contribution < -0.4 is 0 Å². The van der Waals surface area contributed by atoms with Crippen LogP contribution in [0.25, 0.3) is 0 Å². The Kier molecular flexibility index (Phi) is 4.74. The molecule has 17 heavy (non-hydrogen) atoms. The second kappa shape index (κ2) is 6.07. The van der Waals surface area contributed by atoms with Gasteiger partial charge in [-0.25, -0.2) is 14.4 Å². The standard InChI is InChI=1S/C6H8O4.C4H6O3/c1-3-5(7)10-4(2)6(8)9-3;5-4-6-2-1-3-7-4/h3-4H,1-2H3;1-3H2/t3-,4-;/m0./s1. The molecule has 2 atom stereocenters. The lowest BCUT2D eigenvalue weighted by Crippen LogP contribution is -2.40. The van der Waals surface area contributed by atoms with E-state index in [0.29, 0.717) is 13.2 Å². The van der Waals surface area contributed by atoms with Crippen LogP contribution in [0, 0.1) is 0 Å². The molecule has 2 fully saturated rings. The second-order valence-electron chi connectivity index (χ2n) is 3.46. The molecular weight excluding hydrogens is 232 g/mol. The molecule has 0 aliphatic carbocycles. The van der Waals surface area contributed by atoms with Crippen molar-refractivity contribution in [3.63, 3.8) is 0 Å². The number of ether oxygens (including phenoxy) is 4. The molecule has 2 saturated heterocycles. The van der Waals surface area contributed by atoms with E-state index in [2.05, 4.69) is 18.9 Å². The summed E-state index contributed by atoms with van der Waals surface area (Å²) in [6.45, 7) is 3.98. The third-order valence-electron chi connectivity index (χ3n) is 1.98. The number of carbonyl (C=O) groups excluding carboxylic acids is 3. The predicted octanol–water partition coefficient (Wildman–Crippen LogP) is 0.407. The monoisotopic (exact) mass is 246 g/mol. The second-order valence-corrected chi connectivity index (χ2v) is 3.46. The number of hydrogen-bond acceptors (Lipinski definition) is 7. The summed E-state index contributed by atoms with van der Waals surface area (Å²) in [5, 5.41) is 0. The van der Waals surface area contributed by atoms with Crippen molar-refractivity contribution in [3.05, 3.63) is 0 Å². The van der Waals surface area contributed by atoms with Crippen LogP contribution in [0.4, 0.5) is 4.79 Å². The van der Waals surface area contributed by atoms with Crippen LogP contribution in [0.3, 0.4) is 0 Å². The normalized spacial score (nSPS) is 27.8. The SMILES string of the molecule is C[C@@H]1OC(=O)[C@H](C)OC1=O.O=C1OCCCO1. The molecule has 0 aromatic rings. The molecule has 0 unspecified atom stereocenters. The number of rotatable bonds is 0. The molecule has 0 spiro atoms. The Morgan fingerprint density at radius 1 is 0.882 bits per heavy atom. The lowest BCUT2D eigenvalue weighted by atomic mass is 10.3. The lowest BCUT2D eigenvalue weighted by molar-refractivity contribution is -0.191.